The van der Waals surface area contributed by atoms with Crippen LogP contribution in [0.25, 0.3) is 11.8 Å². The van der Waals surface area contributed by atoms with Gasteiger partial charge >= 0.3 is 0 Å². The number of hydrogen-bond donors (Lipinski definition) is 1. The largest absolute Gasteiger partial charge is 0.500 e. The van der Waals surface area contributed by atoms with Crippen molar-refractivity contribution in [3.8, 4) is 6.07 Å². The number of carbonyl (C=O) groups excluding carboxylic acids is 1. The van der Waals surface area contributed by atoms with Crippen LogP contribution in [0.1, 0.15) is 35.2 Å². The fourth-order valence-electron chi connectivity index (χ4n) is 4.34. The van der Waals surface area contributed by atoms with Crippen LogP contribution >= 0.6 is 0 Å². The van der Waals surface area contributed by atoms with Gasteiger partial charge in [0.1, 0.15) is 17.6 Å². The number of aliphatic hydroxyl groups is 1. The van der Waals surface area contributed by atoms with E-state index in [1.54, 1.807) is 36.0 Å². The van der Waals surface area contributed by atoms with Crippen molar-refractivity contribution < 1.29 is 14.6 Å². The summed E-state index contributed by atoms with van der Waals surface area (Å²) in [5.74, 6) is 0.831. The van der Waals surface area contributed by atoms with Crippen molar-refractivity contribution in [3.63, 3.8) is 0 Å². The number of carbonyl (C=O) groups is 1. The number of pyridine rings is 1. The Balaban J connectivity index is 1.43. The molecule has 1 saturated heterocycles. The highest BCUT2D eigenvalue weighted by atomic mass is 16.5. The Bertz CT molecular complexity index is 1320. The highest BCUT2D eigenvalue weighted by Gasteiger charge is 2.28. The summed E-state index contributed by atoms with van der Waals surface area (Å²) in [5.41, 5.74) is 3.21. The summed E-state index contributed by atoms with van der Waals surface area (Å²) in [5, 5.41) is 23.7. The second-order valence-electron chi connectivity index (χ2n) is 8.75. The van der Waals surface area contributed by atoms with Gasteiger partial charge in [0.25, 0.3) is 0 Å². The molecule has 190 valence electrons. The molecule has 4 rings (SSSR count). The maximum atomic E-state index is 13.1. The van der Waals surface area contributed by atoms with E-state index in [1.807, 2.05) is 42.5 Å². The van der Waals surface area contributed by atoms with Crippen LogP contribution in [-0.4, -0.2) is 70.6 Å². The third kappa shape index (κ3) is 5.55. The smallest absolute Gasteiger partial charge is 0.232 e. The van der Waals surface area contributed by atoms with E-state index >= 15 is 0 Å². The van der Waals surface area contributed by atoms with Crippen molar-refractivity contribution in [3.05, 3.63) is 89.6 Å². The lowest BCUT2D eigenvalue weighted by atomic mass is 9.98. The van der Waals surface area contributed by atoms with Crippen molar-refractivity contribution in [1.29, 1.82) is 5.26 Å². The molecule has 1 aromatic carbocycles. The molecule has 37 heavy (non-hydrogen) atoms. The zero-order valence-corrected chi connectivity index (χ0v) is 21.0. The number of piperazine rings is 1. The van der Waals surface area contributed by atoms with Gasteiger partial charge in [-0.05, 0) is 24.6 Å². The first kappa shape index (κ1) is 25.7. The van der Waals surface area contributed by atoms with Crippen LogP contribution in [0.5, 0.6) is 0 Å². The number of amides is 1. The molecule has 1 aliphatic heterocycles. The first-order valence-corrected chi connectivity index (χ1v) is 12.0. The molecule has 9 heteroatoms. The Labute approximate surface area is 216 Å². The van der Waals surface area contributed by atoms with Crippen LogP contribution in [0.2, 0.25) is 0 Å². The normalized spacial score (nSPS) is 14.7. The highest BCUT2D eigenvalue weighted by Crippen LogP contribution is 2.27. The predicted molar refractivity (Wildman–Crippen MR) is 141 cm³/mol. The quantitative estimate of drug-likeness (QED) is 0.476. The molecule has 0 spiro atoms. The predicted octanol–water partition coefficient (Wildman–Crippen LogP) is 3.10. The molecule has 0 radical (unpaired) electrons. The molecular formula is C28H30N6O3. The lowest BCUT2D eigenvalue weighted by Crippen LogP contribution is -2.50. The van der Waals surface area contributed by atoms with E-state index in [0.717, 1.165) is 16.9 Å². The van der Waals surface area contributed by atoms with Gasteiger partial charge in [-0.15, -0.1) is 0 Å². The van der Waals surface area contributed by atoms with Crippen LogP contribution in [0.3, 0.4) is 0 Å². The number of ether oxygens (including phenoxy) is 1. The third-order valence-corrected chi connectivity index (χ3v) is 6.52. The van der Waals surface area contributed by atoms with Gasteiger partial charge in [-0.3, -0.25) is 4.79 Å². The van der Waals surface area contributed by atoms with E-state index in [4.69, 9.17) is 4.74 Å². The third-order valence-electron chi connectivity index (χ3n) is 6.52. The molecule has 1 atom stereocenters. The van der Waals surface area contributed by atoms with Gasteiger partial charge in [-0.2, -0.15) is 10.4 Å². The SMILES string of the molecule is C=C(c1ccc(N2CCN(C(=O)C(CO)c3ccccc3)CC2)nc1)c1c(C#N)cnn1/C=C(\C)OC. The van der Waals surface area contributed by atoms with Crippen LogP contribution in [0.15, 0.2) is 67.2 Å². The van der Waals surface area contributed by atoms with Gasteiger partial charge in [0, 0.05) is 43.5 Å². The Hall–Kier alpha value is -4.42. The molecule has 3 heterocycles. The summed E-state index contributed by atoms with van der Waals surface area (Å²) in [6, 6.07) is 15.4. The van der Waals surface area contributed by atoms with Crippen molar-refractivity contribution >= 4 is 23.5 Å². The van der Waals surface area contributed by atoms with Crippen molar-refractivity contribution in [2.75, 3.05) is 44.8 Å². The van der Waals surface area contributed by atoms with Crippen molar-refractivity contribution in [1.82, 2.24) is 19.7 Å². The number of hydrogen-bond acceptors (Lipinski definition) is 7. The standard InChI is InChI=1S/C28H30N6O3/c1-20(37-3)18-34-27(24(15-29)17-31-34)21(2)23-9-10-26(30-16-23)32-11-13-33(14-12-32)28(36)25(19-35)22-7-5-4-6-8-22/h4-10,16-18,25,35H,2,11-14,19H2,1,3H3/b20-18+. The van der Waals surface area contributed by atoms with Crippen LogP contribution in [0.4, 0.5) is 5.82 Å². The van der Waals surface area contributed by atoms with Crippen LogP contribution in [-0.2, 0) is 9.53 Å². The molecule has 1 aliphatic rings. The van der Waals surface area contributed by atoms with Gasteiger partial charge < -0.3 is 19.6 Å². The number of allylic oxidation sites excluding steroid dienone is 1. The Morgan fingerprint density at radius 3 is 2.51 bits per heavy atom. The fraction of sp³-hybridized carbons (Fsp3) is 0.286. The number of nitrogens with zero attached hydrogens (tertiary/aromatic N) is 6. The minimum atomic E-state index is -0.551. The number of anilines is 1. The average Bonchev–Trinajstić information content (AvgIpc) is 3.36. The molecule has 0 bridgehead atoms. The number of rotatable bonds is 8. The number of methoxy groups -OCH3 is 1. The lowest BCUT2D eigenvalue weighted by molar-refractivity contribution is -0.134. The summed E-state index contributed by atoms with van der Waals surface area (Å²) >= 11 is 0. The summed E-state index contributed by atoms with van der Waals surface area (Å²) in [6.45, 7) is 8.15. The molecule has 0 saturated carbocycles. The number of aromatic nitrogens is 3. The van der Waals surface area contributed by atoms with E-state index in [-0.39, 0.29) is 12.5 Å². The maximum Gasteiger partial charge on any atom is 0.232 e. The highest BCUT2D eigenvalue weighted by molar-refractivity contribution is 5.84. The average molecular weight is 499 g/mol. The minimum absolute atomic E-state index is 0.0596. The zero-order valence-electron chi connectivity index (χ0n) is 21.0. The molecule has 1 amide bonds. The first-order valence-electron chi connectivity index (χ1n) is 12.0. The lowest BCUT2D eigenvalue weighted by Gasteiger charge is -2.37. The molecule has 3 aromatic rings. The van der Waals surface area contributed by atoms with Gasteiger partial charge in [-0.25, -0.2) is 9.67 Å². The van der Waals surface area contributed by atoms with Gasteiger partial charge in [-0.1, -0.05) is 36.9 Å². The van der Waals surface area contributed by atoms with Crippen LogP contribution < -0.4 is 4.90 Å². The summed E-state index contributed by atoms with van der Waals surface area (Å²) in [7, 11) is 1.57. The van der Waals surface area contributed by atoms with E-state index in [0.29, 0.717) is 48.8 Å². The first-order chi connectivity index (χ1) is 18.0. The number of benzene rings is 1. The molecule has 2 aromatic heterocycles. The summed E-state index contributed by atoms with van der Waals surface area (Å²) in [6.07, 6.45) is 4.93. The van der Waals surface area contributed by atoms with Crippen LogP contribution in [0, 0.1) is 11.3 Å². The van der Waals surface area contributed by atoms with E-state index in [2.05, 4.69) is 27.6 Å². The van der Waals surface area contributed by atoms with Crippen molar-refractivity contribution in [2.45, 2.75) is 12.8 Å². The Kier molecular flexibility index (Phi) is 8.01. The topological polar surface area (TPSA) is 108 Å². The summed E-state index contributed by atoms with van der Waals surface area (Å²) < 4.78 is 6.80. The van der Waals surface area contributed by atoms with Gasteiger partial charge in [0.05, 0.1) is 43.3 Å². The number of aliphatic hydroxyl groups excluding tert-OH is 1. The Morgan fingerprint density at radius 1 is 1.19 bits per heavy atom. The second kappa shape index (κ2) is 11.5. The molecule has 1 N–H and O–H groups in total. The van der Waals surface area contributed by atoms with E-state index in [9.17, 15) is 15.2 Å². The zero-order chi connectivity index (χ0) is 26.4. The Morgan fingerprint density at radius 2 is 1.92 bits per heavy atom. The van der Waals surface area contributed by atoms with Gasteiger partial charge in [0.15, 0.2) is 0 Å². The van der Waals surface area contributed by atoms with Gasteiger partial charge in [0.2, 0.25) is 5.91 Å². The summed E-state index contributed by atoms with van der Waals surface area (Å²) in [4.78, 5) is 21.6. The second-order valence-corrected chi connectivity index (χ2v) is 8.75. The molecular weight excluding hydrogens is 468 g/mol. The molecule has 0 aliphatic carbocycles. The maximum absolute atomic E-state index is 13.1. The fourth-order valence-corrected chi connectivity index (χ4v) is 4.34. The minimum Gasteiger partial charge on any atom is -0.500 e. The molecule has 9 nitrogen and oxygen atoms in total. The monoisotopic (exact) mass is 498 g/mol. The number of nitriles is 1. The molecule has 1 fully saturated rings. The van der Waals surface area contributed by atoms with Crippen molar-refractivity contribution in [2.24, 2.45) is 0 Å². The van der Waals surface area contributed by atoms with E-state index < -0.39 is 5.92 Å². The van der Waals surface area contributed by atoms with E-state index in [1.165, 1.54) is 6.20 Å². The molecule has 1 unspecified atom stereocenters.